The molecule has 0 saturated carbocycles. The molecule has 3 rings (SSSR count). The number of anilines is 1. The molecule has 0 aliphatic heterocycles. The monoisotopic (exact) mass is 355 g/mol. The summed E-state index contributed by atoms with van der Waals surface area (Å²) in [5.41, 5.74) is 5.73. The third kappa shape index (κ3) is 4.34. The molecule has 1 heterocycles. The van der Waals surface area contributed by atoms with Gasteiger partial charge in [-0.25, -0.2) is 13.6 Å². The van der Waals surface area contributed by atoms with E-state index in [4.69, 9.17) is 9.56 Å². The first kappa shape index (κ1) is 16.9. The summed E-state index contributed by atoms with van der Waals surface area (Å²) in [6.07, 6.45) is 1.57. The summed E-state index contributed by atoms with van der Waals surface area (Å²) in [7, 11) is -3.70. The van der Waals surface area contributed by atoms with Gasteiger partial charge < -0.3 is 4.42 Å². The molecule has 0 bridgehead atoms. The van der Waals surface area contributed by atoms with Gasteiger partial charge in [-0.05, 0) is 55.5 Å². The lowest BCUT2D eigenvalue weighted by Gasteiger charge is -2.00. The molecule has 0 unspecified atom stereocenters. The quantitative estimate of drug-likeness (QED) is 0.542. The molecule has 7 heteroatoms. The van der Waals surface area contributed by atoms with E-state index >= 15 is 0 Å². The molecule has 0 spiro atoms. The van der Waals surface area contributed by atoms with Crippen LogP contribution in [0.4, 0.5) is 5.69 Å². The Morgan fingerprint density at radius 1 is 1.00 bits per heavy atom. The van der Waals surface area contributed by atoms with Crippen LogP contribution in [0.5, 0.6) is 0 Å². The molecule has 0 amide bonds. The molecule has 0 fully saturated rings. The number of benzene rings is 2. The van der Waals surface area contributed by atoms with E-state index in [1.807, 2.05) is 31.2 Å². The lowest BCUT2D eigenvalue weighted by Crippen LogP contribution is -2.11. The highest BCUT2D eigenvalue weighted by Crippen LogP contribution is 2.23. The van der Waals surface area contributed by atoms with Crippen molar-refractivity contribution in [1.82, 2.24) is 0 Å². The highest BCUT2D eigenvalue weighted by Gasteiger charge is 2.09. The second-order valence-electron chi connectivity index (χ2n) is 5.51. The van der Waals surface area contributed by atoms with Gasteiger partial charge in [0.25, 0.3) is 0 Å². The highest BCUT2D eigenvalue weighted by molar-refractivity contribution is 7.89. The van der Waals surface area contributed by atoms with Crippen molar-refractivity contribution in [3.05, 3.63) is 72.0 Å². The number of furan rings is 1. The molecular formula is C18H17N3O3S. The first-order valence-corrected chi connectivity index (χ1v) is 9.05. The van der Waals surface area contributed by atoms with E-state index in [-0.39, 0.29) is 4.90 Å². The van der Waals surface area contributed by atoms with E-state index in [0.29, 0.717) is 11.5 Å². The van der Waals surface area contributed by atoms with Crippen molar-refractivity contribution in [1.29, 1.82) is 0 Å². The fraction of sp³-hybridized carbons (Fsp3) is 0.0556. The maximum atomic E-state index is 11.3. The Morgan fingerprint density at radius 2 is 1.68 bits per heavy atom. The number of aryl methyl sites for hydroxylation is 1. The Labute approximate surface area is 146 Å². The SMILES string of the molecule is Cc1ccc(N/N=C\c2ccc(-c3ccc(S(N)(=O)=O)cc3)o2)cc1. The predicted molar refractivity (Wildman–Crippen MR) is 97.9 cm³/mol. The van der Waals surface area contributed by atoms with Crippen molar-refractivity contribution < 1.29 is 12.8 Å². The average molecular weight is 355 g/mol. The van der Waals surface area contributed by atoms with Crippen LogP contribution in [0, 0.1) is 6.92 Å². The zero-order valence-corrected chi connectivity index (χ0v) is 14.3. The fourth-order valence-electron chi connectivity index (χ4n) is 2.18. The van der Waals surface area contributed by atoms with Gasteiger partial charge in [0.2, 0.25) is 10.0 Å². The first-order valence-electron chi connectivity index (χ1n) is 7.51. The molecule has 0 aliphatic rings. The molecule has 1 aromatic heterocycles. The molecule has 3 aromatic rings. The molecular weight excluding hydrogens is 338 g/mol. The summed E-state index contributed by atoms with van der Waals surface area (Å²) >= 11 is 0. The van der Waals surface area contributed by atoms with Crippen molar-refractivity contribution in [3.8, 4) is 11.3 Å². The van der Waals surface area contributed by atoms with Gasteiger partial charge in [0, 0.05) is 5.56 Å². The molecule has 25 heavy (non-hydrogen) atoms. The smallest absolute Gasteiger partial charge is 0.238 e. The maximum Gasteiger partial charge on any atom is 0.238 e. The largest absolute Gasteiger partial charge is 0.455 e. The third-order valence-corrected chi connectivity index (χ3v) is 4.46. The molecule has 0 atom stereocenters. The Bertz CT molecular complexity index is 989. The second-order valence-corrected chi connectivity index (χ2v) is 7.07. The average Bonchev–Trinajstić information content (AvgIpc) is 3.05. The number of sulfonamides is 1. The van der Waals surface area contributed by atoms with E-state index < -0.39 is 10.0 Å². The fourth-order valence-corrected chi connectivity index (χ4v) is 2.70. The van der Waals surface area contributed by atoms with Crippen LogP contribution in [-0.4, -0.2) is 14.6 Å². The summed E-state index contributed by atoms with van der Waals surface area (Å²) in [6, 6.07) is 17.6. The highest BCUT2D eigenvalue weighted by atomic mass is 32.2. The zero-order valence-electron chi connectivity index (χ0n) is 13.5. The van der Waals surface area contributed by atoms with Gasteiger partial charge in [0.15, 0.2) is 0 Å². The number of hydrogen-bond donors (Lipinski definition) is 2. The van der Waals surface area contributed by atoms with Crippen molar-refractivity contribution in [3.63, 3.8) is 0 Å². The van der Waals surface area contributed by atoms with Crippen LogP contribution >= 0.6 is 0 Å². The van der Waals surface area contributed by atoms with Gasteiger partial charge in [-0.2, -0.15) is 5.10 Å². The summed E-state index contributed by atoms with van der Waals surface area (Å²) in [4.78, 5) is 0.0619. The molecule has 6 nitrogen and oxygen atoms in total. The van der Waals surface area contributed by atoms with Crippen LogP contribution in [0.1, 0.15) is 11.3 Å². The minimum atomic E-state index is -3.70. The van der Waals surface area contributed by atoms with Crippen LogP contribution in [-0.2, 0) is 10.0 Å². The Hall–Kier alpha value is -2.90. The lowest BCUT2D eigenvalue weighted by molar-refractivity contribution is 0.575. The Balaban J connectivity index is 1.69. The number of hydrogen-bond acceptors (Lipinski definition) is 5. The molecule has 0 aliphatic carbocycles. The van der Waals surface area contributed by atoms with Gasteiger partial charge in [-0.3, -0.25) is 5.43 Å². The van der Waals surface area contributed by atoms with Crippen LogP contribution in [0.25, 0.3) is 11.3 Å². The van der Waals surface area contributed by atoms with Gasteiger partial charge >= 0.3 is 0 Å². The van der Waals surface area contributed by atoms with E-state index in [0.717, 1.165) is 11.3 Å². The minimum Gasteiger partial charge on any atom is -0.455 e. The van der Waals surface area contributed by atoms with E-state index in [1.165, 1.54) is 17.7 Å². The first-order chi connectivity index (χ1) is 11.9. The number of primary sulfonamides is 1. The summed E-state index contributed by atoms with van der Waals surface area (Å²) in [6.45, 7) is 2.02. The molecule has 0 saturated heterocycles. The summed E-state index contributed by atoms with van der Waals surface area (Å²) in [5.74, 6) is 1.18. The van der Waals surface area contributed by atoms with Crippen molar-refractivity contribution in [2.75, 3.05) is 5.43 Å². The van der Waals surface area contributed by atoms with Crippen LogP contribution in [0.2, 0.25) is 0 Å². The Kier molecular flexibility index (Phi) is 4.69. The van der Waals surface area contributed by atoms with Crippen molar-refractivity contribution in [2.24, 2.45) is 10.2 Å². The maximum absolute atomic E-state index is 11.3. The molecule has 0 radical (unpaired) electrons. The Morgan fingerprint density at radius 3 is 2.32 bits per heavy atom. The standard InChI is InChI=1S/C18H17N3O3S/c1-13-2-6-15(7-3-13)21-20-12-16-8-11-18(24-16)14-4-9-17(10-5-14)25(19,22)23/h2-12,21H,1H3,(H2,19,22,23)/b20-12-. The van der Waals surface area contributed by atoms with Gasteiger partial charge in [-0.15, -0.1) is 0 Å². The number of rotatable bonds is 5. The number of nitrogens with two attached hydrogens (primary N) is 1. The van der Waals surface area contributed by atoms with E-state index in [1.54, 1.807) is 30.5 Å². The van der Waals surface area contributed by atoms with Crippen molar-refractivity contribution >= 4 is 21.9 Å². The molecule has 2 aromatic carbocycles. The molecule has 128 valence electrons. The summed E-state index contributed by atoms with van der Waals surface area (Å²) in [5, 5.41) is 9.22. The van der Waals surface area contributed by atoms with E-state index in [2.05, 4.69) is 10.5 Å². The lowest BCUT2D eigenvalue weighted by atomic mass is 10.2. The molecule has 3 N–H and O–H groups in total. The van der Waals surface area contributed by atoms with E-state index in [9.17, 15) is 8.42 Å². The number of nitrogens with one attached hydrogen (secondary N) is 1. The topological polar surface area (TPSA) is 97.7 Å². The van der Waals surface area contributed by atoms with Gasteiger partial charge in [-0.1, -0.05) is 17.7 Å². The number of hydrazone groups is 1. The summed E-state index contributed by atoms with van der Waals surface area (Å²) < 4.78 is 28.2. The van der Waals surface area contributed by atoms with Crippen LogP contribution in [0.15, 0.2) is 75.1 Å². The van der Waals surface area contributed by atoms with Crippen LogP contribution in [0.3, 0.4) is 0 Å². The predicted octanol–water partition coefficient (Wildman–Crippen LogP) is 3.35. The van der Waals surface area contributed by atoms with Gasteiger partial charge in [0.05, 0.1) is 16.8 Å². The zero-order chi connectivity index (χ0) is 17.9. The normalized spacial score (nSPS) is 11.8. The van der Waals surface area contributed by atoms with Gasteiger partial charge in [0.1, 0.15) is 11.5 Å². The number of nitrogens with zero attached hydrogens (tertiary/aromatic N) is 1. The minimum absolute atomic E-state index is 0.0619. The second kappa shape index (κ2) is 6.92. The van der Waals surface area contributed by atoms with Crippen LogP contribution < -0.4 is 10.6 Å². The van der Waals surface area contributed by atoms with Crippen molar-refractivity contribution in [2.45, 2.75) is 11.8 Å². The third-order valence-electron chi connectivity index (χ3n) is 3.53.